The second-order valence-corrected chi connectivity index (χ2v) is 7.40. The highest BCUT2D eigenvalue weighted by Crippen LogP contribution is 2.39. The Kier molecular flexibility index (Phi) is 4.75. The van der Waals surface area contributed by atoms with Crippen LogP contribution in [0.15, 0.2) is 27.8 Å². The van der Waals surface area contributed by atoms with E-state index in [1.807, 2.05) is 17.7 Å². The van der Waals surface area contributed by atoms with Gasteiger partial charge in [-0.25, -0.2) is 0 Å². The highest BCUT2D eigenvalue weighted by Gasteiger charge is 2.29. The molecule has 116 valence electrons. The van der Waals surface area contributed by atoms with Crippen molar-refractivity contribution in [3.63, 3.8) is 0 Å². The van der Waals surface area contributed by atoms with E-state index >= 15 is 0 Å². The Morgan fingerprint density at radius 1 is 1.50 bits per heavy atom. The molecule has 1 aromatic carbocycles. The smallest absolute Gasteiger partial charge is 0.234 e. The lowest BCUT2D eigenvalue weighted by molar-refractivity contribution is -0.113. The van der Waals surface area contributed by atoms with Crippen LogP contribution in [-0.4, -0.2) is 26.4 Å². The number of carbonyl (C=O) groups excluding carboxylic acids is 1. The molecule has 0 bridgehead atoms. The summed E-state index contributed by atoms with van der Waals surface area (Å²) in [5.74, 6) is 1.70. The molecule has 5 nitrogen and oxygen atoms in total. The van der Waals surface area contributed by atoms with Crippen LogP contribution in [0.25, 0.3) is 0 Å². The number of anilines is 1. The Morgan fingerprint density at radius 2 is 2.27 bits per heavy atom. The zero-order valence-electron chi connectivity index (χ0n) is 11.8. The van der Waals surface area contributed by atoms with Crippen molar-refractivity contribution in [2.45, 2.75) is 23.9 Å². The first-order valence-electron chi connectivity index (χ1n) is 6.81. The molecular weight excluding hydrogens is 388 g/mol. The van der Waals surface area contributed by atoms with Gasteiger partial charge in [0.15, 0.2) is 5.16 Å². The normalized spacial score (nSPS) is 14.1. The van der Waals surface area contributed by atoms with Crippen molar-refractivity contribution >= 4 is 50.9 Å². The van der Waals surface area contributed by atoms with Gasteiger partial charge in [0, 0.05) is 17.4 Å². The Morgan fingerprint density at radius 3 is 2.95 bits per heavy atom. The van der Waals surface area contributed by atoms with Gasteiger partial charge in [-0.15, -0.1) is 10.2 Å². The number of hydrogen-bond acceptors (Lipinski definition) is 4. The third kappa shape index (κ3) is 3.64. The van der Waals surface area contributed by atoms with Gasteiger partial charge in [0.25, 0.3) is 0 Å². The van der Waals surface area contributed by atoms with E-state index < -0.39 is 0 Å². The molecule has 1 heterocycles. The van der Waals surface area contributed by atoms with Gasteiger partial charge in [-0.05, 0) is 31.0 Å². The van der Waals surface area contributed by atoms with E-state index in [2.05, 4.69) is 31.4 Å². The van der Waals surface area contributed by atoms with Crippen LogP contribution >= 0.6 is 39.3 Å². The first-order valence-corrected chi connectivity index (χ1v) is 8.97. The SMILES string of the molecule is Cn1c(SCC(=O)Nc2ccc(Br)cc2Cl)nnc1C1CC1. The topological polar surface area (TPSA) is 59.8 Å². The number of halogens is 2. The van der Waals surface area contributed by atoms with Crippen molar-refractivity contribution in [1.82, 2.24) is 14.8 Å². The van der Waals surface area contributed by atoms with Gasteiger partial charge in [0.2, 0.25) is 5.91 Å². The number of carbonyl (C=O) groups is 1. The molecule has 1 aliphatic carbocycles. The zero-order valence-corrected chi connectivity index (χ0v) is 15.0. The minimum Gasteiger partial charge on any atom is -0.324 e. The maximum absolute atomic E-state index is 12.0. The van der Waals surface area contributed by atoms with Crippen LogP contribution in [0.2, 0.25) is 5.02 Å². The van der Waals surface area contributed by atoms with Gasteiger partial charge < -0.3 is 9.88 Å². The molecule has 0 atom stereocenters. The predicted octanol–water partition coefficient (Wildman–Crippen LogP) is 3.84. The van der Waals surface area contributed by atoms with Crippen LogP contribution in [0, 0.1) is 0 Å². The van der Waals surface area contributed by atoms with E-state index in [0.717, 1.165) is 15.5 Å². The largest absolute Gasteiger partial charge is 0.324 e. The molecule has 0 unspecified atom stereocenters. The van der Waals surface area contributed by atoms with E-state index in [4.69, 9.17) is 11.6 Å². The zero-order chi connectivity index (χ0) is 15.7. The molecule has 0 saturated heterocycles. The van der Waals surface area contributed by atoms with E-state index in [1.165, 1.54) is 24.6 Å². The molecular formula is C14H14BrClN4OS. The molecule has 1 fully saturated rings. The van der Waals surface area contributed by atoms with Gasteiger partial charge in [-0.1, -0.05) is 39.3 Å². The highest BCUT2D eigenvalue weighted by molar-refractivity contribution is 9.10. The molecule has 22 heavy (non-hydrogen) atoms. The van der Waals surface area contributed by atoms with Gasteiger partial charge in [0.1, 0.15) is 5.82 Å². The van der Waals surface area contributed by atoms with Crippen LogP contribution in [0.1, 0.15) is 24.6 Å². The molecule has 1 aliphatic rings. The second kappa shape index (κ2) is 6.60. The summed E-state index contributed by atoms with van der Waals surface area (Å²) in [4.78, 5) is 12.0. The fourth-order valence-corrected chi connectivity index (χ4v) is 3.49. The van der Waals surface area contributed by atoms with Gasteiger partial charge >= 0.3 is 0 Å². The van der Waals surface area contributed by atoms with E-state index in [9.17, 15) is 4.79 Å². The monoisotopic (exact) mass is 400 g/mol. The fraction of sp³-hybridized carbons (Fsp3) is 0.357. The molecule has 1 saturated carbocycles. The van der Waals surface area contributed by atoms with Crippen LogP contribution in [0.4, 0.5) is 5.69 Å². The Labute approximate surface area is 146 Å². The summed E-state index contributed by atoms with van der Waals surface area (Å²) in [5, 5.41) is 12.4. The number of hydrogen-bond donors (Lipinski definition) is 1. The van der Waals surface area contributed by atoms with Gasteiger partial charge in [0.05, 0.1) is 16.5 Å². The van der Waals surface area contributed by atoms with Crippen molar-refractivity contribution in [2.24, 2.45) is 7.05 Å². The molecule has 8 heteroatoms. The number of thioether (sulfide) groups is 1. The Hall–Kier alpha value is -1.05. The van der Waals surface area contributed by atoms with Crippen molar-refractivity contribution in [2.75, 3.05) is 11.1 Å². The summed E-state index contributed by atoms with van der Waals surface area (Å²) in [6.07, 6.45) is 2.36. The fourth-order valence-electron chi connectivity index (χ4n) is 2.06. The van der Waals surface area contributed by atoms with Crippen molar-refractivity contribution in [3.8, 4) is 0 Å². The Balaban J connectivity index is 1.58. The maximum Gasteiger partial charge on any atom is 0.234 e. The van der Waals surface area contributed by atoms with Crippen LogP contribution < -0.4 is 5.32 Å². The first kappa shape index (κ1) is 15.8. The van der Waals surface area contributed by atoms with E-state index in [0.29, 0.717) is 16.6 Å². The molecule has 0 radical (unpaired) electrons. The number of benzene rings is 1. The minimum atomic E-state index is -0.120. The molecule has 1 N–H and O–H groups in total. The highest BCUT2D eigenvalue weighted by atomic mass is 79.9. The molecule has 1 aromatic heterocycles. The summed E-state index contributed by atoms with van der Waals surface area (Å²) in [6, 6.07) is 5.34. The van der Waals surface area contributed by atoms with Crippen molar-refractivity contribution in [3.05, 3.63) is 33.5 Å². The maximum atomic E-state index is 12.0. The number of aromatic nitrogens is 3. The molecule has 2 aromatic rings. The Bertz CT molecular complexity index is 717. The summed E-state index contributed by atoms with van der Waals surface area (Å²) in [7, 11) is 1.94. The number of rotatable bonds is 5. The summed E-state index contributed by atoms with van der Waals surface area (Å²) in [6.45, 7) is 0. The van der Waals surface area contributed by atoms with Crippen LogP contribution in [0.5, 0.6) is 0 Å². The van der Waals surface area contributed by atoms with Crippen molar-refractivity contribution < 1.29 is 4.79 Å². The van der Waals surface area contributed by atoms with E-state index in [1.54, 1.807) is 12.1 Å². The number of amides is 1. The number of nitrogens with one attached hydrogen (secondary N) is 1. The first-order chi connectivity index (χ1) is 10.5. The third-order valence-corrected chi connectivity index (χ3v) is 5.17. The summed E-state index contributed by atoms with van der Waals surface area (Å²) in [5.41, 5.74) is 0.604. The standard InChI is InChI=1S/C14H14BrClN4OS/c1-20-13(8-2-3-8)18-19-14(20)22-7-12(21)17-11-5-4-9(15)6-10(11)16/h4-6,8H,2-3,7H2,1H3,(H,17,21). The summed E-state index contributed by atoms with van der Waals surface area (Å²) < 4.78 is 2.85. The minimum absolute atomic E-state index is 0.120. The average Bonchev–Trinajstić information content (AvgIpc) is 3.24. The lowest BCUT2D eigenvalue weighted by atomic mass is 10.3. The molecule has 0 aliphatic heterocycles. The molecule has 1 amide bonds. The van der Waals surface area contributed by atoms with Crippen molar-refractivity contribution in [1.29, 1.82) is 0 Å². The van der Waals surface area contributed by atoms with Crippen LogP contribution in [-0.2, 0) is 11.8 Å². The lowest BCUT2D eigenvalue weighted by Gasteiger charge is -2.07. The second-order valence-electron chi connectivity index (χ2n) is 5.14. The van der Waals surface area contributed by atoms with Crippen LogP contribution in [0.3, 0.4) is 0 Å². The van der Waals surface area contributed by atoms with Gasteiger partial charge in [-0.2, -0.15) is 0 Å². The lowest BCUT2D eigenvalue weighted by Crippen LogP contribution is -2.14. The average molecular weight is 402 g/mol. The molecule has 0 spiro atoms. The quantitative estimate of drug-likeness (QED) is 0.773. The third-order valence-electron chi connectivity index (χ3n) is 3.35. The predicted molar refractivity (Wildman–Crippen MR) is 91.5 cm³/mol. The van der Waals surface area contributed by atoms with E-state index in [-0.39, 0.29) is 11.7 Å². The summed E-state index contributed by atoms with van der Waals surface area (Å²) >= 11 is 10.8. The molecule has 3 rings (SSSR count). The number of nitrogens with zero attached hydrogens (tertiary/aromatic N) is 3. The van der Waals surface area contributed by atoms with Gasteiger partial charge in [-0.3, -0.25) is 4.79 Å².